The molecule has 0 saturated heterocycles. The molecule has 0 aliphatic carbocycles. The first-order valence-corrected chi connectivity index (χ1v) is 10.1. The first-order valence-electron chi connectivity index (χ1n) is 10.1. The number of nitrogens with zero attached hydrogens (tertiary/aromatic N) is 3. The van der Waals surface area contributed by atoms with Crippen LogP contribution in [0.1, 0.15) is 5.76 Å². The Morgan fingerprint density at radius 3 is 2.76 bits per heavy atom. The molecule has 33 heavy (non-hydrogen) atoms. The molecule has 0 saturated carbocycles. The molecule has 0 radical (unpaired) electrons. The first-order chi connectivity index (χ1) is 15.9. The number of aromatic hydroxyl groups is 1. The van der Waals surface area contributed by atoms with Gasteiger partial charge in [-0.3, -0.25) is 9.59 Å². The fourth-order valence-corrected chi connectivity index (χ4v) is 3.84. The Morgan fingerprint density at radius 1 is 1.21 bits per heavy atom. The summed E-state index contributed by atoms with van der Waals surface area (Å²) in [6.07, 6.45) is 3.37. The molecule has 0 atom stereocenters. The number of amides is 1. The highest BCUT2D eigenvalue weighted by Gasteiger charge is 2.23. The number of nitrogens with one attached hydrogen (secondary N) is 1. The zero-order chi connectivity index (χ0) is 23.1. The maximum absolute atomic E-state index is 12.2. The van der Waals surface area contributed by atoms with Crippen molar-refractivity contribution in [3.05, 3.63) is 76.9 Å². The highest BCUT2D eigenvalue weighted by molar-refractivity contribution is 5.94. The van der Waals surface area contributed by atoms with Crippen LogP contribution in [0.2, 0.25) is 0 Å². The van der Waals surface area contributed by atoms with Gasteiger partial charge in [0, 0.05) is 35.0 Å². The van der Waals surface area contributed by atoms with E-state index in [1.807, 2.05) is 36.4 Å². The number of aromatic amines is 1. The monoisotopic (exact) mass is 441 g/mol. The number of benzene rings is 1. The fraction of sp³-hybridized carbons (Fsp3) is 0.0833. The summed E-state index contributed by atoms with van der Waals surface area (Å²) < 4.78 is 7.39. The van der Waals surface area contributed by atoms with Gasteiger partial charge in [0.25, 0.3) is 0 Å². The Hall–Kier alpha value is -4.66. The maximum Gasteiger partial charge on any atom is 0.237 e. The van der Waals surface area contributed by atoms with Gasteiger partial charge in [0.2, 0.25) is 17.1 Å². The molecule has 5 aromatic rings. The third-order valence-corrected chi connectivity index (χ3v) is 5.24. The largest absolute Gasteiger partial charge is 0.501 e. The number of imidazole rings is 1. The van der Waals surface area contributed by atoms with E-state index in [1.165, 1.54) is 6.07 Å². The maximum atomic E-state index is 12.2. The van der Waals surface area contributed by atoms with Crippen LogP contribution in [0.25, 0.3) is 45.1 Å². The number of carbonyl (C=O) groups excluding carboxylic acids is 1. The Balaban J connectivity index is 1.78. The van der Waals surface area contributed by atoms with Gasteiger partial charge in [-0.05, 0) is 19.1 Å². The van der Waals surface area contributed by atoms with E-state index in [0.29, 0.717) is 34.2 Å². The highest BCUT2D eigenvalue weighted by Crippen LogP contribution is 2.38. The fourth-order valence-electron chi connectivity index (χ4n) is 3.84. The van der Waals surface area contributed by atoms with Crippen LogP contribution in [0.4, 0.5) is 0 Å². The smallest absolute Gasteiger partial charge is 0.237 e. The number of pyridine rings is 1. The lowest BCUT2D eigenvalue weighted by Crippen LogP contribution is -2.18. The van der Waals surface area contributed by atoms with Crippen molar-refractivity contribution in [1.82, 2.24) is 19.5 Å². The highest BCUT2D eigenvalue weighted by atomic mass is 16.4. The van der Waals surface area contributed by atoms with Crippen molar-refractivity contribution in [1.29, 1.82) is 0 Å². The van der Waals surface area contributed by atoms with Gasteiger partial charge < -0.3 is 24.8 Å². The van der Waals surface area contributed by atoms with Crippen molar-refractivity contribution in [3.63, 3.8) is 0 Å². The molecule has 164 valence electrons. The van der Waals surface area contributed by atoms with Gasteiger partial charge in [-0.15, -0.1) is 0 Å². The molecule has 1 aromatic carbocycles. The van der Waals surface area contributed by atoms with Crippen molar-refractivity contribution in [3.8, 4) is 39.8 Å². The normalized spacial score (nSPS) is 11.2. The van der Waals surface area contributed by atoms with E-state index in [2.05, 4.69) is 9.97 Å². The van der Waals surface area contributed by atoms with E-state index >= 15 is 0 Å². The van der Waals surface area contributed by atoms with Crippen molar-refractivity contribution >= 4 is 16.9 Å². The number of hydrogen-bond donors (Lipinski definition) is 3. The lowest BCUT2D eigenvalue weighted by atomic mass is 10.1. The summed E-state index contributed by atoms with van der Waals surface area (Å²) in [4.78, 5) is 36.2. The molecule has 0 aliphatic heterocycles. The predicted octanol–water partition coefficient (Wildman–Crippen LogP) is 3.21. The average molecular weight is 441 g/mol. The second-order valence-electron chi connectivity index (χ2n) is 7.59. The van der Waals surface area contributed by atoms with Crippen molar-refractivity contribution < 1.29 is 14.3 Å². The van der Waals surface area contributed by atoms with Gasteiger partial charge in [-0.1, -0.05) is 30.3 Å². The molecule has 0 unspecified atom stereocenters. The van der Waals surface area contributed by atoms with Crippen LogP contribution >= 0.6 is 0 Å². The zero-order valence-electron chi connectivity index (χ0n) is 17.6. The quantitative estimate of drug-likeness (QED) is 0.383. The Labute approximate surface area is 187 Å². The van der Waals surface area contributed by atoms with E-state index in [0.717, 1.165) is 10.9 Å². The number of rotatable bonds is 5. The van der Waals surface area contributed by atoms with E-state index < -0.39 is 17.1 Å². The Kier molecular flexibility index (Phi) is 4.78. The van der Waals surface area contributed by atoms with E-state index in [4.69, 9.17) is 15.1 Å². The summed E-state index contributed by atoms with van der Waals surface area (Å²) in [5.74, 6) is -0.207. The molecule has 5 rings (SSSR count). The third kappa shape index (κ3) is 3.55. The number of primary amides is 1. The molecule has 9 heteroatoms. The molecule has 0 bridgehead atoms. The van der Waals surface area contributed by atoms with Crippen LogP contribution in [0.15, 0.2) is 70.1 Å². The second kappa shape index (κ2) is 7.79. The number of aromatic nitrogens is 4. The van der Waals surface area contributed by atoms with Gasteiger partial charge >= 0.3 is 0 Å². The van der Waals surface area contributed by atoms with Gasteiger partial charge in [-0.2, -0.15) is 0 Å². The van der Waals surface area contributed by atoms with Gasteiger partial charge in [-0.25, -0.2) is 9.97 Å². The van der Waals surface area contributed by atoms with Crippen LogP contribution in [0, 0.1) is 6.92 Å². The molecule has 0 spiro atoms. The summed E-state index contributed by atoms with van der Waals surface area (Å²) in [5.41, 5.74) is 7.73. The second-order valence-corrected chi connectivity index (χ2v) is 7.59. The molecule has 4 heterocycles. The standard InChI is InChI=1S/C24H19N5O4/c1-13-10-17(30)21(32)22(33-13)20-19(14-6-3-2-4-7-14)27-23(28-20)16-11-29(12-18(25)31)24-15(16)8-5-9-26-24/h2-11,32H,12H2,1H3,(H2,25,31)(H,27,28). The average Bonchev–Trinajstić information content (AvgIpc) is 3.39. The summed E-state index contributed by atoms with van der Waals surface area (Å²) in [7, 11) is 0. The predicted molar refractivity (Wildman–Crippen MR) is 122 cm³/mol. The lowest BCUT2D eigenvalue weighted by molar-refractivity contribution is -0.118. The van der Waals surface area contributed by atoms with E-state index in [9.17, 15) is 14.7 Å². The van der Waals surface area contributed by atoms with E-state index in [1.54, 1.807) is 30.0 Å². The molecule has 0 aliphatic rings. The minimum Gasteiger partial charge on any atom is -0.501 e. The molecule has 9 nitrogen and oxygen atoms in total. The Bertz CT molecular complexity index is 1560. The van der Waals surface area contributed by atoms with Gasteiger partial charge in [0.05, 0.1) is 0 Å². The number of hydrogen-bond acceptors (Lipinski definition) is 6. The number of nitrogens with two attached hydrogens (primary N) is 1. The van der Waals surface area contributed by atoms with Crippen LogP contribution < -0.4 is 11.2 Å². The van der Waals surface area contributed by atoms with Gasteiger partial charge in [0.15, 0.2) is 5.76 Å². The minimum absolute atomic E-state index is 0.00315. The minimum atomic E-state index is -0.550. The summed E-state index contributed by atoms with van der Waals surface area (Å²) in [6.45, 7) is 1.59. The van der Waals surface area contributed by atoms with Gasteiger partial charge in [0.1, 0.15) is 35.2 Å². The molecular weight excluding hydrogens is 422 g/mol. The van der Waals surface area contributed by atoms with Crippen LogP contribution in [0.5, 0.6) is 5.75 Å². The lowest BCUT2D eigenvalue weighted by Gasteiger charge is -2.05. The van der Waals surface area contributed by atoms with Crippen LogP contribution in [-0.2, 0) is 11.3 Å². The van der Waals surface area contributed by atoms with E-state index in [-0.39, 0.29) is 12.3 Å². The summed E-state index contributed by atoms with van der Waals surface area (Å²) in [6, 6.07) is 14.2. The first kappa shape index (κ1) is 20.3. The van der Waals surface area contributed by atoms with Crippen molar-refractivity contribution in [2.24, 2.45) is 5.73 Å². The zero-order valence-corrected chi connectivity index (χ0v) is 17.6. The third-order valence-electron chi connectivity index (χ3n) is 5.24. The molecular formula is C24H19N5O4. The molecule has 0 fully saturated rings. The molecule has 4 N–H and O–H groups in total. The summed E-state index contributed by atoms with van der Waals surface area (Å²) in [5, 5.41) is 11.2. The van der Waals surface area contributed by atoms with Crippen molar-refractivity contribution in [2.75, 3.05) is 0 Å². The SMILES string of the molecule is Cc1cc(=O)c(O)c(-c2[nH]c(-c3cn(CC(N)=O)c4ncccc34)nc2-c2ccccc2)o1. The van der Waals surface area contributed by atoms with Crippen molar-refractivity contribution in [2.45, 2.75) is 13.5 Å². The number of carbonyl (C=O) groups is 1. The van der Waals surface area contributed by atoms with Crippen LogP contribution in [0.3, 0.4) is 0 Å². The number of H-pyrrole nitrogens is 1. The topological polar surface area (TPSA) is 140 Å². The summed E-state index contributed by atoms with van der Waals surface area (Å²) >= 11 is 0. The molecule has 1 amide bonds. The van der Waals surface area contributed by atoms with Crippen LogP contribution in [-0.4, -0.2) is 30.5 Å². The Morgan fingerprint density at radius 2 is 2.00 bits per heavy atom. The number of aryl methyl sites for hydroxylation is 1. The number of fused-ring (bicyclic) bond motifs is 1. The molecule has 4 aromatic heterocycles.